The Labute approximate surface area is 61.6 Å². The van der Waals surface area contributed by atoms with Gasteiger partial charge < -0.3 is 5.73 Å². The molecule has 0 amide bonds. The van der Waals surface area contributed by atoms with Crippen LogP contribution in [0.2, 0.25) is 0 Å². The average Bonchev–Trinajstić information content (AvgIpc) is 2.36. The van der Waals surface area contributed by atoms with Gasteiger partial charge in [0.05, 0.1) is 0 Å². The van der Waals surface area contributed by atoms with Crippen molar-refractivity contribution >= 4 is 11.6 Å². The van der Waals surface area contributed by atoms with Crippen molar-refractivity contribution in [3.8, 4) is 0 Å². The fourth-order valence-corrected chi connectivity index (χ4v) is 1.89. The van der Waals surface area contributed by atoms with Gasteiger partial charge in [0.15, 0.2) is 0 Å². The molecule has 1 aliphatic rings. The Hall–Kier alpha value is 0.250. The van der Waals surface area contributed by atoms with E-state index in [4.69, 9.17) is 17.3 Å². The lowest BCUT2D eigenvalue weighted by molar-refractivity contribution is 0.356. The van der Waals surface area contributed by atoms with E-state index in [-0.39, 0.29) is 0 Å². The van der Waals surface area contributed by atoms with Crippen LogP contribution < -0.4 is 5.73 Å². The number of halogens is 1. The molecule has 0 aromatic rings. The van der Waals surface area contributed by atoms with Crippen molar-refractivity contribution in [3.05, 3.63) is 0 Å². The SMILES string of the molecule is NCC1(CCl)CCCC1. The molecule has 1 saturated carbocycles. The lowest BCUT2D eigenvalue weighted by Gasteiger charge is -2.23. The zero-order valence-corrected chi connectivity index (χ0v) is 6.45. The summed E-state index contributed by atoms with van der Waals surface area (Å²) in [5.74, 6) is 0.753. The van der Waals surface area contributed by atoms with E-state index in [1.807, 2.05) is 0 Å². The molecule has 0 atom stereocenters. The van der Waals surface area contributed by atoms with Crippen molar-refractivity contribution in [2.45, 2.75) is 25.7 Å². The predicted molar refractivity (Wildman–Crippen MR) is 40.7 cm³/mol. The first-order valence-electron chi connectivity index (χ1n) is 3.59. The molecule has 0 aromatic heterocycles. The second-order valence-corrected chi connectivity index (χ2v) is 3.31. The van der Waals surface area contributed by atoms with Crippen LogP contribution in [0.3, 0.4) is 0 Å². The Morgan fingerprint density at radius 3 is 2.11 bits per heavy atom. The van der Waals surface area contributed by atoms with E-state index in [1.54, 1.807) is 0 Å². The number of hydrogen-bond donors (Lipinski definition) is 1. The van der Waals surface area contributed by atoms with Crippen LogP contribution >= 0.6 is 11.6 Å². The summed E-state index contributed by atoms with van der Waals surface area (Å²) in [6.07, 6.45) is 5.13. The Kier molecular flexibility index (Phi) is 2.36. The highest BCUT2D eigenvalue weighted by atomic mass is 35.5. The zero-order chi connectivity index (χ0) is 6.74. The van der Waals surface area contributed by atoms with Gasteiger partial charge in [-0.25, -0.2) is 0 Å². The van der Waals surface area contributed by atoms with E-state index >= 15 is 0 Å². The smallest absolute Gasteiger partial charge is 0.0292 e. The molecule has 1 fully saturated rings. The Morgan fingerprint density at radius 2 is 1.89 bits per heavy atom. The van der Waals surface area contributed by atoms with E-state index in [2.05, 4.69) is 0 Å². The maximum atomic E-state index is 5.78. The van der Waals surface area contributed by atoms with Gasteiger partial charge in [-0.3, -0.25) is 0 Å². The minimum Gasteiger partial charge on any atom is -0.330 e. The molecule has 0 aromatic carbocycles. The topological polar surface area (TPSA) is 26.0 Å². The second kappa shape index (κ2) is 2.89. The third-order valence-corrected chi connectivity index (χ3v) is 2.95. The molecule has 1 rings (SSSR count). The molecule has 9 heavy (non-hydrogen) atoms. The first kappa shape index (κ1) is 7.36. The van der Waals surface area contributed by atoms with Gasteiger partial charge in [-0.05, 0) is 24.8 Å². The molecule has 1 aliphatic carbocycles. The van der Waals surface area contributed by atoms with Gasteiger partial charge in [0, 0.05) is 5.88 Å². The van der Waals surface area contributed by atoms with Crippen LogP contribution in [0.4, 0.5) is 0 Å². The molecule has 2 heteroatoms. The highest BCUT2D eigenvalue weighted by Gasteiger charge is 2.30. The number of alkyl halides is 1. The summed E-state index contributed by atoms with van der Waals surface area (Å²) in [7, 11) is 0. The minimum absolute atomic E-state index is 0.321. The summed E-state index contributed by atoms with van der Waals surface area (Å²) >= 11 is 5.78. The summed E-state index contributed by atoms with van der Waals surface area (Å²) in [6.45, 7) is 0.774. The lowest BCUT2D eigenvalue weighted by atomic mass is 9.89. The Morgan fingerprint density at radius 1 is 1.33 bits per heavy atom. The highest BCUT2D eigenvalue weighted by Crippen LogP contribution is 2.37. The maximum absolute atomic E-state index is 5.78. The van der Waals surface area contributed by atoms with Gasteiger partial charge in [-0.1, -0.05) is 12.8 Å². The number of nitrogens with two attached hydrogens (primary N) is 1. The van der Waals surface area contributed by atoms with Crippen molar-refractivity contribution in [2.24, 2.45) is 11.1 Å². The van der Waals surface area contributed by atoms with Crippen molar-refractivity contribution in [1.29, 1.82) is 0 Å². The summed E-state index contributed by atoms with van der Waals surface area (Å²) < 4.78 is 0. The van der Waals surface area contributed by atoms with Gasteiger partial charge in [-0.15, -0.1) is 11.6 Å². The summed E-state index contributed by atoms with van der Waals surface area (Å²) in [6, 6.07) is 0. The number of rotatable bonds is 2. The first-order valence-corrected chi connectivity index (χ1v) is 4.12. The van der Waals surface area contributed by atoms with E-state index < -0.39 is 0 Å². The molecule has 0 unspecified atom stereocenters. The normalized spacial score (nSPS) is 24.7. The second-order valence-electron chi connectivity index (χ2n) is 3.04. The molecule has 54 valence electrons. The first-order chi connectivity index (χ1) is 4.33. The molecule has 1 nitrogen and oxygen atoms in total. The van der Waals surface area contributed by atoms with Gasteiger partial charge in [-0.2, -0.15) is 0 Å². The standard InChI is InChI=1S/C7H14ClN/c8-5-7(6-9)3-1-2-4-7/h1-6,9H2. The van der Waals surface area contributed by atoms with Gasteiger partial charge >= 0.3 is 0 Å². The van der Waals surface area contributed by atoms with E-state index in [0.29, 0.717) is 5.41 Å². The molecule has 0 radical (unpaired) electrons. The van der Waals surface area contributed by atoms with Crippen LogP contribution in [0.5, 0.6) is 0 Å². The van der Waals surface area contributed by atoms with Crippen molar-refractivity contribution in [2.75, 3.05) is 12.4 Å². The van der Waals surface area contributed by atoms with Crippen molar-refractivity contribution < 1.29 is 0 Å². The Bertz CT molecular complexity index is 80.9. The Balaban J connectivity index is 2.45. The minimum atomic E-state index is 0.321. The summed E-state index contributed by atoms with van der Waals surface area (Å²) in [5, 5.41) is 0. The van der Waals surface area contributed by atoms with Crippen LogP contribution in [0.15, 0.2) is 0 Å². The van der Waals surface area contributed by atoms with Crippen LogP contribution in [0.1, 0.15) is 25.7 Å². The predicted octanol–water partition coefficient (Wildman–Crippen LogP) is 1.74. The molecule has 0 saturated heterocycles. The van der Waals surface area contributed by atoms with Crippen molar-refractivity contribution in [1.82, 2.24) is 0 Å². The van der Waals surface area contributed by atoms with Crippen LogP contribution in [-0.2, 0) is 0 Å². The van der Waals surface area contributed by atoms with Gasteiger partial charge in [0.1, 0.15) is 0 Å². The molecular weight excluding hydrogens is 134 g/mol. The van der Waals surface area contributed by atoms with Gasteiger partial charge in [0.25, 0.3) is 0 Å². The lowest BCUT2D eigenvalue weighted by Crippen LogP contribution is -2.28. The summed E-state index contributed by atoms with van der Waals surface area (Å²) in [4.78, 5) is 0. The molecule has 0 spiro atoms. The van der Waals surface area contributed by atoms with E-state index in [1.165, 1.54) is 25.7 Å². The van der Waals surface area contributed by atoms with E-state index in [0.717, 1.165) is 12.4 Å². The third kappa shape index (κ3) is 1.39. The molecule has 0 bridgehead atoms. The fourth-order valence-electron chi connectivity index (χ4n) is 1.52. The molecule has 0 heterocycles. The molecule has 2 N–H and O–H groups in total. The molecular formula is C7H14ClN. The van der Waals surface area contributed by atoms with Crippen LogP contribution in [0, 0.1) is 5.41 Å². The van der Waals surface area contributed by atoms with Crippen LogP contribution in [0.25, 0.3) is 0 Å². The molecule has 0 aliphatic heterocycles. The van der Waals surface area contributed by atoms with E-state index in [9.17, 15) is 0 Å². The zero-order valence-electron chi connectivity index (χ0n) is 5.70. The summed E-state index contributed by atoms with van der Waals surface area (Å²) in [5.41, 5.74) is 5.92. The monoisotopic (exact) mass is 147 g/mol. The van der Waals surface area contributed by atoms with Crippen LogP contribution in [-0.4, -0.2) is 12.4 Å². The van der Waals surface area contributed by atoms with Gasteiger partial charge in [0.2, 0.25) is 0 Å². The quantitative estimate of drug-likeness (QED) is 0.592. The average molecular weight is 148 g/mol. The highest BCUT2D eigenvalue weighted by molar-refractivity contribution is 6.18. The maximum Gasteiger partial charge on any atom is 0.0292 e. The fraction of sp³-hybridized carbons (Fsp3) is 1.00. The third-order valence-electron chi connectivity index (χ3n) is 2.38. The van der Waals surface area contributed by atoms with Crippen molar-refractivity contribution in [3.63, 3.8) is 0 Å². The number of hydrogen-bond acceptors (Lipinski definition) is 1. The largest absolute Gasteiger partial charge is 0.330 e.